The molecule has 1 aromatic rings. The number of carbonyl (C=O) groups is 2. The Bertz CT molecular complexity index is 364. The number of imidazole rings is 1. The van der Waals surface area contributed by atoms with Crippen LogP contribution >= 0.6 is 0 Å². The first kappa shape index (κ1) is 13.0. The van der Waals surface area contributed by atoms with E-state index in [4.69, 9.17) is 5.11 Å². The smallest absolute Gasteiger partial charge is 0.325 e. The van der Waals surface area contributed by atoms with Crippen LogP contribution in [-0.2, 0) is 11.3 Å². The molecule has 0 aliphatic heterocycles. The van der Waals surface area contributed by atoms with E-state index in [0.29, 0.717) is 6.54 Å². The number of amides is 2. The van der Waals surface area contributed by atoms with Gasteiger partial charge >= 0.3 is 12.0 Å². The van der Waals surface area contributed by atoms with Gasteiger partial charge in [0.2, 0.25) is 0 Å². The topological polar surface area (TPSA) is 96.3 Å². The second kappa shape index (κ2) is 6.51. The van der Waals surface area contributed by atoms with Crippen LogP contribution in [0.3, 0.4) is 0 Å². The molecule has 2 amide bonds. The van der Waals surface area contributed by atoms with Crippen molar-refractivity contribution < 1.29 is 14.7 Å². The SMILES string of the molecule is CC(NC(=O)NCCCn1ccnc1)C(=O)O. The summed E-state index contributed by atoms with van der Waals surface area (Å²) in [4.78, 5) is 25.6. The van der Waals surface area contributed by atoms with Crippen molar-refractivity contribution in [1.29, 1.82) is 0 Å². The molecule has 0 spiro atoms. The Hall–Kier alpha value is -2.05. The van der Waals surface area contributed by atoms with Crippen molar-refractivity contribution in [2.45, 2.75) is 25.9 Å². The number of nitrogens with one attached hydrogen (secondary N) is 2. The van der Waals surface area contributed by atoms with Gasteiger partial charge in [-0.15, -0.1) is 0 Å². The maximum atomic E-state index is 11.2. The second-order valence-electron chi connectivity index (χ2n) is 3.61. The number of aromatic nitrogens is 2. The summed E-state index contributed by atoms with van der Waals surface area (Å²) in [5.41, 5.74) is 0. The lowest BCUT2D eigenvalue weighted by atomic mass is 10.3. The molecule has 0 saturated carbocycles. The highest BCUT2D eigenvalue weighted by Gasteiger charge is 2.12. The zero-order valence-electron chi connectivity index (χ0n) is 9.59. The second-order valence-corrected chi connectivity index (χ2v) is 3.61. The van der Waals surface area contributed by atoms with Crippen LogP contribution in [0.15, 0.2) is 18.7 Å². The Labute approximate surface area is 98.8 Å². The first-order valence-corrected chi connectivity index (χ1v) is 5.32. The average molecular weight is 240 g/mol. The number of hydrogen-bond donors (Lipinski definition) is 3. The van der Waals surface area contributed by atoms with E-state index in [1.807, 2.05) is 10.8 Å². The van der Waals surface area contributed by atoms with E-state index >= 15 is 0 Å². The third-order valence-corrected chi connectivity index (χ3v) is 2.16. The van der Waals surface area contributed by atoms with Crippen LogP contribution in [-0.4, -0.2) is 39.2 Å². The molecular weight excluding hydrogens is 224 g/mol. The molecule has 0 aliphatic rings. The summed E-state index contributed by atoms with van der Waals surface area (Å²) in [5.74, 6) is -1.06. The summed E-state index contributed by atoms with van der Waals surface area (Å²) >= 11 is 0. The number of aryl methyl sites for hydroxylation is 1. The Morgan fingerprint density at radius 1 is 1.53 bits per heavy atom. The van der Waals surface area contributed by atoms with Gasteiger partial charge in [0.1, 0.15) is 6.04 Å². The minimum atomic E-state index is -1.06. The normalized spacial score (nSPS) is 11.8. The molecule has 1 aromatic heterocycles. The van der Waals surface area contributed by atoms with Gasteiger partial charge in [0.15, 0.2) is 0 Å². The summed E-state index contributed by atoms with van der Waals surface area (Å²) in [7, 11) is 0. The first-order valence-electron chi connectivity index (χ1n) is 5.32. The molecule has 0 bridgehead atoms. The van der Waals surface area contributed by atoms with Crippen LogP contribution < -0.4 is 10.6 Å². The van der Waals surface area contributed by atoms with Gasteiger partial charge in [0.05, 0.1) is 6.33 Å². The third-order valence-electron chi connectivity index (χ3n) is 2.16. The number of carbonyl (C=O) groups excluding carboxylic acids is 1. The van der Waals surface area contributed by atoms with Crippen molar-refractivity contribution in [1.82, 2.24) is 20.2 Å². The maximum absolute atomic E-state index is 11.2. The molecule has 0 fully saturated rings. The Balaban J connectivity index is 2.10. The highest BCUT2D eigenvalue weighted by atomic mass is 16.4. The predicted molar refractivity (Wildman–Crippen MR) is 60.5 cm³/mol. The highest BCUT2D eigenvalue weighted by Crippen LogP contribution is 1.89. The van der Waals surface area contributed by atoms with Crippen LogP contribution in [0.1, 0.15) is 13.3 Å². The molecule has 0 aliphatic carbocycles. The fraction of sp³-hybridized carbons (Fsp3) is 0.500. The molecule has 94 valence electrons. The monoisotopic (exact) mass is 240 g/mol. The van der Waals surface area contributed by atoms with Crippen molar-refractivity contribution in [2.75, 3.05) is 6.54 Å². The third kappa shape index (κ3) is 5.01. The largest absolute Gasteiger partial charge is 0.480 e. The predicted octanol–water partition coefficient (Wildman–Crippen LogP) is 0.0455. The van der Waals surface area contributed by atoms with Crippen LogP contribution in [0.4, 0.5) is 4.79 Å². The van der Waals surface area contributed by atoms with Crippen LogP contribution in [0.5, 0.6) is 0 Å². The number of carboxylic acids is 1. The van der Waals surface area contributed by atoms with E-state index < -0.39 is 18.0 Å². The van der Waals surface area contributed by atoms with E-state index in [-0.39, 0.29) is 0 Å². The standard InChI is InChI=1S/C10H16N4O3/c1-8(9(15)16)13-10(17)12-3-2-5-14-6-4-11-7-14/h4,6-8H,2-3,5H2,1H3,(H,15,16)(H2,12,13,17). The molecule has 0 saturated heterocycles. The molecule has 7 nitrogen and oxygen atoms in total. The van der Waals surface area contributed by atoms with Crippen molar-refractivity contribution in [3.63, 3.8) is 0 Å². The van der Waals surface area contributed by atoms with Gasteiger partial charge in [-0.25, -0.2) is 9.78 Å². The van der Waals surface area contributed by atoms with Gasteiger partial charge in [-0.3, -0.25) is 4.79 Å². The highest BCUT2D eigenvalue weighted by molar-refractivity contribution is 5.82. The summed E-state index contributed by atoms with van der Waals surface area (Å²) in [5, 5.41) is 13.5. The van der Waals surface area contributed by atoms with Crippen LogP contribution in [0.25, 0.3) is 0 Å². The molecule has 0 aromatic carbocycles. The quantitative estimate of drug-likeness (QED) is 0.612. The van der Waals surface area contributed by atoms with Gasteiger partial charge in [-0.05, 0) is 13.3 Å². The molecule has 7 heteroatoms. The minimum absolute atomic E-state index is 0.467. The average Bonchev–Trinajstić information content (AvgIpc) is 2.77. The van der Waals surface area contributed by atoms with E-state index in [1.54, 1.807) is 12.5 Å². The summed E-state index contributed by atoms with van der Waals surface area (Å²) < 4.78 is 1.90. The van der Waals surface area contributed by atoms with Crippen molar-refractivity contribution in [2.24, 2.45) is 0 Å². The lowest BCUT2D eigenvalue weighted by Gasteiger charge is -2.10. The van der Waals surface area contributed by atoms with Gasteiger partial charge in [0, 0.05) is 25.5 Å². The number of urea groups is 1. The van der Waals surface area contributed by atoms with Gasteiger partial charge < -0.3 is 20.3 Å². The number of nitrogens with zero attached hydrogens (tertiary/aromatic N) is 2. The minimum Gasteiger partial charge on any atom is -0.480 e. The van der Waals surface area contributed by atoms with E-state index in [1.165, 1.54) is 6.92 Å². The Morgan fingerprint density at radius 2 is 2.29 bits per heavy atom. The van der Waals surface area contributed by atoms with E-state index in [2.05, 4.69) is 15.6 Å². The zero-order valence-corrected chi connectivity index (χ0v) is 9.59. The molecule has 3 N–H and O–H groups in total. The first-order chi connectivity index (χ1) is 8.09. The van der Waals surface area contributed by atoms with Crippen LogP contribution in [0.2, 0.25) is 0 Å². The maximum Gasteiger partial charge on any atom is 0.325 e. The van der Waals surface area contributed by atoms with Crippen molar-refractivity contribution in [3.8, 4) is 0 Å². The van der Waals surface area contributed by atoms with Crippen molar-refractivity contribution in [3.05, 3.63) is 18.7 Å². The van der Waals surface area contributed by atoms with E-state index in [9.17, 15) is 9.59 Å². The molecule has 1 rings (SSSR count). The lowest BCUT2D eigenvalue weighted by molar-refractivity contribution is -0.138. The summed E-state index contributed by atoms with van der Waals surface area (Å²) in [6, 6.07) is -1.35. The fourth-order valence-corrected chi connectivity index (χ4v) is 1.19. The fourth-order valence-electron chi connectivity index (χ4n) is 1.19. The summed E-state index contributed by atoms with van der Waals surface area (Å²) in [6.45, 7) is 2.65. The number of aliphatic carboxylic acids is 1. The number of rotatable bonds is 6. The summed E-state index contributed by atoms with van der Waals surface area (Å²) in [6.07, 6.45) is 5.99. The van der Waals surface area contributed by atoms with Gasteiger partial charge in [0.25, 0.3) is 0 Å². The van der Waals surface area contributed by atoms with Gasteiger partial charge in [-0.2, -0.15) is 0 Å². The van der Waals surface area contributed by atoms with Crippen LogP contribution in [0, 0.1) is 0 Å². The number of carboxylic acid groups (broad SMARTS) is 1. The number of hydrogen-bond acceptors (Lipinski definition) is 3. The lowest BCUT2D eigenvalue weighted by Crippen LogP contribution is -2.44. The Morgan fingerprint density at radius 3 is 2.88 bits per heavy atom. The molecular formula is C10H16N4O3. The Kier molecular flexibility index (Phi) is 4.99. The van der Waals surface area contributed by atoms with Gasteiger partial charge in [-0.1, -0.05) is 0 Å². The molecule has 17 heavy (non-hydrogen) atoms. The molecule has 1 unspecified atom stereocenters. The van der Waals surface area contributed by atoms with Crippen molar-refractivity contribution >= 4 is 12.0 Å². The molecule has 1 atom stereocenters. The molecule has 1 heterocycles. The van der Waals surface area contributed by atoms with E-state index in [0.717, 1.165) is 13.0 Å². The molecule has 0 radical (unpaired) electrons. The zero-order chi connectivity index (χ0) is 12.7.